The molecule has 1 unspecified atom stereocenters. The Kier molecular flexibility index (Phi) is 4.82. The van der Waals surface area contributed by atoms with E-state index in [0.29, 0.717) is 12.0 Å². The predicted molar refractivity (Wildman–Crippen MR) is 115 cm³/mol. The van der Waals surface area contributed by atoms with Crippen molar-refractivity contribution in [1.29, 1.82) is 0 Å². The molecule has 0 fully saturated rings. The number of hydrogen-bond donors (Lipinski definition) is 2. The molecule has 0 radical (unpaired) electrons. The van der Waals surface area contributed by atoms with Crippen molar-refractivity contribution in [1.82, 2.24) is 10.3 Å². The summed E-state index contributed by atoms with van der Waals surface area (Å²) in [7, 11) is 0. The zero-order valence-corrected chi connectivity index (χ0v) is 17.0. The first-order valence-corrected chi connectivity index (χ1v) is 9.87. The largest absolute Gasteiger partial charge is 0.345 e. The van der Waals surface area contributed by atoms with E-state index in [2.05, 4.69) is 36.4 Å². The Bertz CT molecular complexity index is 1100. The van der Waals surface area contributed by atoms with Gasteiger partial charge in [0.1, 0.15) is 0 Å². The number of carbonyl (C=O) groups is 2. The van der Waals surface area contributed by atoms with E-state index in [1.54, 1.807) is 6.20 Å². The van der Waals surface area contributed by atoms with E-state index in [0.717, 1.165) is 34.1 Å². The van der Waals surface area contributed by atoms with Gasteiger partial charge in [-0.3, -0.25) is 14.6 Å². The van der Waals surface area contributed by atoms with Crippen LogP contribution in [0, 0.1) is 5.41 Å². The van der Waals surface area contributed by atoms with Gasteiger partial charge >= 0.3 is 0 Å². The van der Waals surface area contributed by atoms with Gasteiger partial charge in [-0.1, -0.05) is 39.0 Å². The maximum absolute atomic E-state index is 13.0. The Morgan fingerprint density at radius 2 is 2.00 bits per heavy atom. The van der Waals surface area contributed by atoms with Crippen LogP contribution in [0.5, 0.6) is 0 Å². The minimum atomic E-state index is -0.145. The summed E-state index contributed by atoms with van der Waals surface area (Å²) < 4.78 is 0. The fraction of sp³-hybridized carbons (Fsp3) is 0.292. The predicted octanol–water partition coefficient (Wildman–Crippen LogP) is 4.64. The number of pyridine rings is 1. The van der Waals surface area contributed by atoms with Gasteiger partial charge in [0, 0.05) is 22.8 Å². The standard InChI is InChI=1S/C24H25N3O2/c1-24(2,3)14-21(16-6-9-20-18(12-16)13-22(28)26-20)27-23(29)17-7-8-19-15(11-17)5-4-10-25-19/h4-12,21H,13-14H2,1-3H3,(H,26,28)(H,27,29). The van der Waals surface area contributed by atoms with Crippen molar-refractivity contribution in [2.75, 3.05) is 5.32 Å². The van der Waals surface area contributed by atoms with E-state index >= 15 is 0 Å². The fourth-order valence-corrected chi connectivity index (χ4v) is 3.79. The van der Waals surface area contributed by atoms with Crippen LogP contribution in [0.4, 0.5) is 5.69 Å². The van der Waals surface area contributed by atoms with Crippen molar-refractivity contribution in [3.8, 4) is 0 Å². The third-order valence-electron chi connectivity index (χ3n) is 5.14. The van der Waals surface area contributed by atoms with Crippen molar-refractivity contribution >= 4 is 28.4 Å². The van der Waals surface area contributed by atoms with Crippen LogP contribution in [-0.2, 0) is 11.2 Å². The molecule has 0 saturated heterocycles. The van der Waals surface area contributed by atoms with Crippen molar-refractivity contribution in [3.63, 3.8) is 0 Å². The molecule has 0 saturated carbocycles. The zero-order chi connectivity index (χ0) is 20.6. The second kappa shape index (κ2) is 7.32. The fourth-order valence-electron chi connectivity index (χ4n) is 3.79. The summed E-state index contributed by atoms with van der Waals surface area (Å²) in [6.45, 7) is 6.48. The van der Waals surface area contributed by atoms with E-state index in [-0.39, 0.29) is 23.3 Å². The van der Waals surface area contributed by atoms with Crippen LogP contribution in [-0.4, -0.2) is 16.8 Å². The lowest BCUT2D eigenvalue weighted by Crippen LogP contribution is -2.31. The Morgan fingerprint density at radius 3 is 2.79 bits per heavy atom. The monoisotopic (exact) mass is 387 g/mol. The second-order valence-electron chi connectivity index (χ2n) is 8.84. The van der Waals surface area contributed by atoms with Gasteiger partial charge in [0.05, 0.1) is 18.0 Å². The molecule has 1 atom stereocenters. The lowest BCUT2D eigenvalue weighted by molar-refractivity contribution is -0.115. The molecule has 4 rings (SSSR count). The van der Waals surface area contributed by atoms with Crippen LogP contribution >= 0.6 is 0 Å². The summed E-state index contributed by atoms with van der Waals surface area (Å²) in [6.07, 6.45) is 2.92. The molecule has 148 valence electrons. The molecule has 2 aromatic carbocycles. The van der Waals surface area contributed by atoms with E-state index in [1.807, 2.05) is 48.5 Å². The number of benzene rings is 2. The van der Waals surface area contributed by atoms with Gasteiger partial charge in [-0.2, -0.15) is 0 Å². The first kappa shape index (κ1) is 19.1. The van der Waals surface area contributed by atoms with Gasteiger partial charge < -0.3 is 10.6 Å². The van der Waals surface area contributed by atoms with Crippen LogP contribution in [0.15, 0.2) is 54.7 Å². The van der Waals surface area contributed by atoms with Crippen LogP contribution < -0.4 is 10.6 Å². The number of carbonyl (C=O) groups excluding carboxylic acids is 2. The summed E-state index contributed by atoms with van der Waals surface area (Å²) in [5, 5.41) is 7.01. The second-order valence-corrected chi connectivity index (χ2v) is 8.84. The highest BCUT2D eigenvalue weighted by atomic mass is 16.2. The quantitative estimate of drug-likeness (QED) is 0.685. The van der Waals surface area contributed by atoms with Gasteiger partial charge in [-0.25, -0.2) is 0 Å². The molecule has 29 heavy (non-hydrogen) atoms. The molecule has 1 aromatic heterocycles. The molecule has 2 N–H and O–H groups in total. The molecule has 5 nitrogen and oxygen atoms in total. The third-order valence-corrected chi connectivity index (χ3v) is 5.14. The number of fused-ring (bicyclic) bond motifs is 2. The average Bonchev–Trinajstić information content (AvgIpc) is 3.05. The van der Waals surface area contributed by atoms with Crippen LogP contribution in [0.3, 0.4) is 0 Å². The Hall–Kier alpha value is -3.21. The van der Waals surface area contributed by atoms with Gasteiger partial charge in [0.25, 0.3) is 5.91 Å². The molecular weight excluding hydrogens is 362 g/mol. The van der Waals surface area contributed by atoms with Crippen molar-refractivity contribution < 1.29 is 9.59 Å². The molecule has 0 aliphatic carbocycles. The van der Waals surface area contributed by atoms with Crippen molar-refractivity contribution in [2.24, 2.45) is 5.41 Å². The summed E-state index contributed by atoms with van der Waals surface area (Å²) in [5.74, 6) is -0.0990. The smallest absolute Gasteiger partial charge is 0.251 e. The number of hydrogen-bond acceptors (Lipinski definition) is 3. The Balaban J connectivity index is 1.62. The lowest BCUT2D eigenvalue weighted by atomic mass is 9.85. The maximum Gasteiger partial charge on any atom is 0.251 e. The number of nitrogens with zero attached hydrogens (tertiary/aromatic N) is 1. The van der Waals surface area contributed by atoms with Gasteiger partial charge in [-0.05, 0) is 53.3 Å². The Labute approximate surface area is 170 Å². The van der Waals surface area contributed by atoms with E-state index in [4.69, 9.17) is 0 Å². The first-order valence-electron chi connectivity index (χ1n) is 9.87. The highest BCUT2D eigenvalue weighted by molar-refractivity contribution is 5.99. The molecule has 0 bridgehead atoms. The van der Waals surface area contributed by atoms with E-state index in [9.17, 15) is 9.59 Å². The van der Waals surface area contributed by atoms with Crippen LogP contribution in [0.2, 0.25) is 0 Å². The summed E-state index contributed by atoms with van der Waals surface area (Å²) >= 11 is 0. The minimum absolute atomic E-state index is 0.0123. The molecule has 2 heterocycles. The topological polar surface area (TPSA) is 71.1 Å². The van der Waals surface area contributed by atoms with Crippen molar-refractivity contribution in [3.05, 3.63) is 71.4 Å². The molecular formula is C24H25N3O2. The number of anilines is 1. The molecule has 1 aliphatic rings. The van der Waals surface area contributed by atoms with E-state index in [1.165, 1.54) is 0 Å². The highest BCUT2D eigenvalue weighted by Gasteiger charge is 2.25. The number of nitrogens with one attached hydrogen (secondary N) is 2. The van der Waals surface area contributed by atoms with Crippen molar-refractivity contribution in [2.45, 2.75) is 39.7 Å². The first-order chi connectivity index (χ1) is 13.8. The Morgan fingerprint density at radius 1 is 1.17 bits per heavy atom. The van der Waals surface area contributed by atoms with E-state index < -0.39 is 0 Å². The SMILES string of the molecule is CC(C)(C)CC(NC(=O)c1ccc2ncccc2c1)c1ccc2c(c1)CC(=O)N2. The number of rotatable bonds is 4. The van der Waals surface area contributed by atoms with Crippen LogP contribution in [0.1, 0.15) is 54.7 Å². The summed E-state index contributed by atoms with van der Waals surface area (Å²) in [4.78, 5) is 29.1. The maximum atomic E-state index is 13.0. The van der Waals surface area contributed by atoms with Gasteiger partial charge in [-0.15, -0.1) is 0 Å². The molecule has 5 heteroatoms. The summed E-state index contributed by atoms with van der Waals surface area (Å²) in [5.41, 5.74) is 4.37. The highest BCUT2D eigenvalue weighted by Crippen LogP contribution is 2.33. The average molecular weight is 387 g/mol. The normalized spacial score (nSPS) is 14.4. The molecule has 0 spiro atoms. The molecule has 1 aliphatic heterocycles. The number of amides is 2. The zero-order valence-electron chi connectivity index (χ0n) is 17.0. The molecule has 3 aromatic rings. The van der Waals surface area contributed by atoms with Crippen LogP contribution in [0.25, 0.3) is 10.9 Å². The van der Waals surface area contributed by atoms with Gasteiger partial charge in [0.2, 0.25) is 5.91 Å². The number of aromatic nitrogens is 1. The summed E-state index contributed by atoms with van der Waals surface area (Å²) in [6, 6.07) is 15.2. The minimum Gasteiger partial charge on any atom is -0.345 e. The molecule has 2 amide bonds. The lowest BCUT2D eigenvalue weighted by Gasteiger charge is -2.27. The third kappa shape index (κ3) is 4.29. The van der Waals surface area contributed by atoms with Gasteiger partial charge in [0.15, 0.2) is 0 Å².